The molecule has 0 bridgehead atoms. The van der Waals surface area contributed by atoms with Gasteiger partial charge < -0.3 is 5.32 Å². The number of hydrogen-bond donors (Lipinski definition) is 1. The topological polar surface area (TPSA) is 63.2 Å². The van der Waals surface area contributed by atoms with Gasteiger partial charge >= 0.3 is 0 Å². The third-order valence-corrected chi connectivity index (χ3v) is 3.76. The molecule has 0 spiro atoms. The number of carbonyl (C=O) groups is 1. The normalized spacial score (nSPS) is 12.7. The van der Waals surface area contributed by atoms with Crippen LogP contribution in [0.4, 0.5) is 4.39 Å². The first kappa shape index (κ1) is 16.4. The molecule has 1 unspecified atom stereocenters. The Morgan fingerprint density at radius 2 is 1.95 bits per heavy atom. The lowest BCUT2D eigenvalue weighted by atomic mass is 10.1. The molecular weight excluding hydrogens is 281 g/mol. The predicted octanol–water partition coefficient (Wildman–Crippen LogP) is 2.37. The summed E-state index contributed by atoms with van der Waals surface area (Å²) in [6.07, 6.45) is 2.39. The molecule has 0 aliphatic carbocycles. The predicted molar refractivity (Wildman–Crippen MR) is 75.5 cm³/mol. The summed E-state index contributed by atoms with van der Waals surface area (Å²) in [7, 11) is -3.59. The Kier molecular flexibility index (Phi) is 5.05. The number of halogens is 1. The quantitative estimate of drug-likeness (QED) is 0.868. The van der Waals surface area contributed by atoms with Crippen LogP contribution in [0.5, 0.6) is 0 Å². The van der Waals surface area contributed by atoms with Gasteiger partial charge in [0.2, 0.25) is 5.91 Å². The second-order valence-electron chi connectivity index (χ2n) is 4.91. The first-order valence-electron chi connectivity index (χ1n) is 6.06. The lowest BCUT2D eigenvalue weighted by molar-refractivity contribution is -0.117. The monoisotopic (exact) mass is 299 g/mol. The summed E-state index contributed by atoms with van der Waals surface area (Å²) >= 11 is 0. The van der Waals surface area contributed by atoms with Gasteiger partial charge in [0.15, 0.2) is 9.84 Å². The van der Waals surface area contributed by atoms with E-state index in [1.165, 1.54) is 18.2 Å². The van der Waals surface area contributed by atoms with Crippen molar-refractivity contribution in [3.8, 4) is 0 Å². The summed E-state index contributed by atoms with van der Waals surface area (Å²) in [6.45, 7) is 5.29. The van der Waals surface area contributed by atoms with Crippen molar-refractivity contribution in [2.24, 2.45) is 0 Å². The molecule has 1 aromatic rings. The number of sulfone groups is 1. The summed E-state index contributed by atoms with van der Waals surface area (Å²) in [5, 5.41) is 2.68. The van der Waals surface area contributed by atoms with E-state index in [9.17, 15) is 17.6 Å². The first-order valence-corrected chi connectivity index (χ1v) is 7.95. The highest BCUT2D eigenvalue weighted by Crippen LogP contribution is 2.20. The third-order valence-electron chi connectivity index (χ3n) is 2.63. The van der Waals surface area contributed by atoms with Crippen LogP contribution in [0.15, 0.2) is 34.7 Å². The molecule has 0 fully saturated rings. The number of amides is 1. The second kappa shape index (κ2) is 6.17. The molecule has 6 heteroatoms. The SMILES string of the molecule is CC(C)=CC(=O)NC(C)c1ccc(S(C)(=O)=O)c(F)c1. The number of carbonyl (C=O) groups excluding carboxylic acids is 1. The van der Waals surface area contributed by atoms with E-state index in [0.717, 1.165) is 17.9 Å². The standard InChI is InChI=1S/C14H18FNO3S/c1-9(2)7-14(17)16-10(3)11-5-6-13(12(15)8-11)20(4,18)19/h5-8,10H,1-4H3,(H,16,17). The molecule has 0 radical (unpaired) electrons. The van der Waals surface area contributed by atoms with E-state index in [1.807, 2.05) is 0 Å². The zero-order valence-electron chi connectivity index (χ0n) is 11.9. The van der Waals surface area contributed by atoms with Crippen molar-refractivity contribution >= 4 is 15.7 Å². The van der Waals surface area contributed by atoms with Crippen molar-refractivity contribution in [2.75, 3.05) is 6.26 Å². The minimum Gasteiger partial charge on any atom is -0.346 e. The molecule has 1 atom stereocenters. The van der Waals surface area contributed by atoms with Gasteiger partial charge in [0.25, 0.3) is 0 Å². The molecule has 0 aromatic heterocycles. The zero-order valence-corrected chi connectivity index (χ0v) is 12.7. The van der Waals surface area contributed by atoms with Gasteiger partial charge in [-0.3, -0.25) is 4.79 Å². The summed E-state index contributed by atoms with van der Waals surface area (Å²) in [5.41, 5.74) is 1.36. The number of hydrogen-bond acceptors (Lipinski definition) is 3. The Bertz CT molecular complexity index is 646. The summed E-state index contributed by atoms with van der Waals surface area (Å²) in [5.74, 6) is -1.08. The van der Waals surface area contributed by atoms with Gasteiger partial charge in [-0.25, -0.2) is 12.8 Å². The minimum atomic E-state index is -3.59. The van der Waals surface area contributed by atoms with E-state index >= 15 is 0 Å². The van der Waals surface area contributed by atoms with Crippen molar-refractivity contribution in [2.45, 2.75) is 31.7 Å². The molecule has 1 amide bonds. The van der Waals surface area contributed by atoms with Gasteiger partial charge in [0.1, 0.15) is 10.7 Å². The minimum absolute atomic E-state index is 0.273. The van der Waals surface area contributed by atoms with Crippen LogP contribution in [0.1, 0.15) is 32.4 Å². The summed E-state index contributed by atoms with van der Waals surface area (Å²) < 4.78 is 36.4. The second-order valence-corrected chi connectivity index (χ2v) is 6.90. The average Bonchev–Trinajstić information content (AvgIpc) is 2.25. The van der Waals surface area contributed by atoms with E-state index in [0.29, 0.717) is 5.56 Å². The Balaban J connectivity index is 2.96. The third kappa shape index (κ3) is 4.45. The van der Waals surface area contributed by atoms with Gasteiger partial charge in [0, 0.05) is 12.3 Å². The molecule has 0 aliphatic rings. The molecule has 1 aromatic carbocycles. The highest BCUT2D eigenvalue weighted by molar-refractivity contribution is 7.90. The molecular formula is C14H18FNO3S. The fourth-order valence-corrected chi connectivity index (χ4v) is 2.42. The molecule has 20 heavy (non-hydrogen) atoms. The number of benzene rings is 1. The van der Waals surface area contributed by atoms with Gasteiger partial charge in [-0.05, 0) is 38.5 Å². The van der Waals surface area contributed by atoms with Crippen LogP contribution in [0.2, 0.25) is 0 Å². The maximum absolute atomic E-state index is 13.8. The molecule has 0 heterocycles. The van der Waals surface area contributed by atoms with Gasteiger partial charge in [-0.15, -0.1) is 0 Å². The molecule has 1 N–H and O–H groups in total. The maximum atomic E-state index is 13.8. The molecule has 110 valence electrons. The summed E-state index contributed by atoms with van der Waals surface area (Å²) in [4.78, 5) is 11.2. The van der Waals surface area contributed by atoms with Crippen molar-refractivity contribution < 1.29 is 17.6 Å². The van der Waals surface area contributed by atoms with E-state index < -0.39 is 21.7 Å². The Labute approximate surface area is 118 Å². The molecule has 0 aliphatic heterocycles. The zero-order chi connectivity index (χ0) is 15.5. The van der Waals surface area contributed by atoms with E-state index in [1.54, 1.807) is 20.8 Å². The van der Waals surface area contributed by atoms with Crippen LogP contribution >= 0.6 is 0 Å². The van der Waals surface area contributed by atoms with Crippen LogP contribution in [0.25, 0.3) is 0 Å². The fraction of sp³-hybridized carbons (Fsp3) is 0.357. The average molecular weight is 299 g/mol. The molecule has 0 saturated heterocycles. The maximum Gasteiger partial charge on any atom is 0.244 e. The smallest absolute Gasteiger partial charge is 0.244 e. The highest BCUT2D eigenvalue weighted by atomic mass is 32.2. The largest absolute Gasteiger partial charge is 0.346 e. The van der Waals surface area contributed by atoms with Gasteiger partial charge in [0.05, 0.1) is 6.04 Å². The fourth-order valence-electron chi connectivity index (χ4n) is 1.69. The Hall–Kier alpha value is -1.69. The van der Waals surface area contributed by atoms with Crippen LogP contribution < -0.4 is 5.32 Å². The van der Waals surface area contributed by atoms with Crippen LogP contribution in [0, 0.1) is 5.82 Å². The lowest BCUT2D eigenvalue weighted by Crippen LogP contribution is -2.25. The van der Waals surface area contributed by atoms with Crippen LogP contribution in [0.3, 0.4) is 0 Å². The number of rotatable bonds is 4. The van der Waals surface area contributed by atoms with E-state index in [-0.39, 0.29) is 10.8 Å². The van der Waals surface area contributed by atoms with Crippen molar-refractivity contribution in [1.82, 2.24) is 5.32 Å². The molecule has 0 saturated carbocycles. The van der Waals surface area contributed by atoms with Crippen molar-refractivity contribution in [3.63, 3.8) is 0 Å². The molecule has 4 nitrogen and oxygen atoms in total. The Morgan fingerprint density at radius 1 is 1.35 bits per heavy atom. The van der Waals surface area contributed by atoms with Crippen molar-refractivity contribution in [3.05, 3.63) is 41.2 Å². The van der Waals surface area contributed by atoms with Crippen LogP contribution in [-0.4, -0.2) is 20.6 Å². The Morgan fingerprint density at radius 3 is 2.40 bits per heavy atom. The van der Waals surface area contributed by atoms with Crippen molar-refractivity contribution in [1.29, 1.82) is 0 Å². The van der Waals surface area contributed by atoms with Gasteiger partial charge in [-0.1, -0.05) is 11.6 Å². The van der Waals surface area contributed by atoms with Gasteiger partial charge in [-0.2, -0.15) is 0 Å². The molecule has 1 rings (SSSR count). The lowest BCUT2D eigenvalue weighted by Gasteiger charge is -2.14. The van der Waals surface area contributed by atoms with E-state index in [2.05, 4.69) is 5.32 Å². The first-order chi connectivity index (χ1) is 9.11. The van der Waals surface area contributed by atoms with Crippen LogP contribution in [-0.2, 0) is 14.6 Å². The highest BCUT2D eigenvalue weighted by Gasteiger charge is 2.16. The summed E-state index contributed by atoms with van der Waals surface area (Å²) in [6, 6.07) is 3.42. The number of nitrogens with one attached hydrogen (secondary N) is 1. The van der Waals surface area contributed by atoms with E-state index in [4.69, 9.17) is 0 Å². The number of allylic oxidation sites excluding steroid dienone is 1.